The van der Waals surface area contributed by atoms with Crippen LogP contribution in [0.3, 0.4) is 0 Å². The Morgan fingerprint density at radius 2 is 1.76 bits per heavy atom. The zero-order chi connectivity index (χ0) is 25.6. The van der Waals surface area contributed by atoms with E-state index in [1.165, 1.54) is 38.4 Å². The molecule has 0 aliphatic rings. The molecule has 0 saturated carbocycles. The first kappa shape index (κ1) is 27.0. The van der Waals surface area contributed by atoms with Gasteiger partial charge in [0.1, 0.15) is 11.9 Å². The van der Waals surface area contributed by atoms with Crippen LogP contribution in [0.5, 0.6) is 11.5 Å². The summed E-state index contributed by atoms with van der Waals surface area (Å²) >= 11 is 0. The number of rotatable bonds is 10. The van der Waals surface area contributed by atoms with E-state index < -0.39 is 29.7 Å². The van der Waals surface area contributed by atoms with Gasteiger partial charge in [-0.05, 0) is 43.0 Å². The third kappa shape index (κ3) is 6.62. The summed E-state index contributed by atoms with van der Waals surface area (Å²) in [4.78, 5) is 41.8. The third-order valence-electron chi connectivity index (χ3n) is 5.84. The predicted molar refractivity (Wildman–Crippen MR) is 124 cm³/mol. The van der Waals surface area contributed by atoms with E-state index in [4.69, 9.17) is 14.2 Å². The highest BCUT2D eigenvalue weighted by Gasteiger charge is 2.32. The van der Waals surface area contributed by atoms with Crippen molar-refractivity contribution in [2.45, 2.75) is 60.0 Å². The molecule has 3 atom stereocenters. The third-order valence-corrected chi connectivity index (χ3v) is 5.84. The number of ether oxygens (including phenoxy) is 3. The maximum Gasteiger partial charge on any atom is 0.309 e. The van der Waals surface area contributed by atoms with Crippen LogP contribution >= 0.6 is 0 Å². The number of pyridine rings is 1. The van der Waals surface area contributed by atoms with E-state index in [2.05, 4.69) is 4.98 Å². The van der Waals surface area contributed by atoms with E-state index >= 15 is 0 Å². The molecule has 184 valence electrons. The molecule has 2 rings (SSSR count). The second-order valence-electron chi connectivity index (χ2n) is 8.69. The van der Waals surface area contributed by atoms with Gasteiger partial charge < -0.3 is 14.2 Å². The average molecular weight is 474 g/mol. The molecule has 1 aromatic heterocycles. The second-order valence-corrected chi connectivity index (χ2v) is 8.69. The van der Waals surface area contributed by atoms with Crippen LogP contribution < -0.4 is 9.47 Å². The number of nitrogens with zero attached hydrogens (tertiary/aromatic N) is 1. The molecule has 0 bridgehead atoms. The number of aryl methyl sites for hydroxylation is 1. The minimum atomic E-state index is -0.741. The van der Waals surface area contributed by atoms with Crippen LogP contribution in [0.25, 0.3) is 0 Å². The number of Topliss-reactive ketones (excluding diaryl/α,β-unsaturated/α-hetero) is 1. The fourth-order valence-corrected chi connectivity index (χ4v) is 3.70. The highest BCUT2D eigenvalue weighted by atomic mass is 19.1. The van der Waals surface area contributed by atoms with Crippen molar-refractivity contribution < 1.29 is 33.0 Å². The van der Waals surface area contributed by atoms with Crippen molar-refractivity contribution in [2.24, 2.45) is 11.8 Å². The van der Waals surface area contributed by atoms with Gasteiger partial charge in [0.25, 0.3) is 0 Å². The number of methoxy groups -OCH3 is 1. The lowest BCUT2D eigenvalue weighted by atomic mass is 9.89. The highest BCUT2D eigenvalue weighted by Crippen LogP contribution is 2.32. The molecule has 0 unspecified atom stereocenters. The number of esters is 2. The Kier molecular flexibility index (Phi) is 9.29. The molecule has 0 saturated heterocycles. The summed E-state index contributed by atoms with van der Waals surface area (Å²) in [6, 6.07) is 5.99. The van der Waals surface area contributed by atoms with E-state index in [-0.39, 0.29) is 41.3 Å². The van der Waals surface area contributed by atoms with Crippen molar-refractivity contribution in [2.75, 3.05) is 7.11 Å². The molecule has 0 radical (unpaired) electrons. The fourth-order valence-electron chi connectivity index (χ4n) is 3.70. The summed E-state index contributed by atoms with van der Waals surface area (Å²) in [5.74, 6) is -2.94. The van der Waals surface area contributed by atoms with Crippen LogP contribution in [0.4, 0.5) is 4.39 Å². The molecule has 0 N–H and O–H groups in total. The summed E-state index contributed by atoms with van der Waals surface area (Å²) in [7, 11) is 1.39. The summed E-state index contributed by atoms with van der Waals surface area (Å²) in [6.45, 7) is 10.3. The van der Waals surface area contributed by atoms with E-state index in [0.29, 0.717) is 0 Å². The lowest BCUT2D eigenvalue weighted by Gasteiger charge is -2.26. The maximum atomic E-state index is 13.5. The highest BCUT2D eigenvalue weighted by molar-refractivity contribution is 6.00. The first-order chi connectivity index (χ1) is 16.0. The molecular weight excluding hydrogens is 441 g/mol. The molecule has 1 heterocycles. The molecule has 8 heteroatoms. The minimum Gasteiger partial charge on any atom is -0.493 e. The number of aromatic nitrogens is 1. The molecule has 0 amide bonds. The predicted octanol–water partition coefficient (Wildman–Crippen LogP) is 5.04. The smallest absolute Gasteiger partial charge is 0.309 e. The number of hydrogen-bond donors (Lipinski definition) is 0. The first-order valence-corrected chi connectivity index (χ1v) is 11.2. The number of halogens is 1. The zero-order valence-corrected chi connectivity index (χ0v) is 20.7. The summed E-state index contributed by atoms with van der Waals surface area (Å²) in [5, 5.41) is 0. The van der Waals surface area contributed by atoms with E-state index in [9.17, 15) is 18.8 Å². The molecule has 0 spiro atoms. The van der Waals surface area contributed by atoms with Crippen molar-refractivity contribution >= 4 is 17.7 Å². The first-order valence-electron chi connectivity index (χ1n) is 11.2. The van der Waals surface area contributed by atoms with Gasteiger partial charge >= 0.3 is 11.9 Å². The molecule has 7 nitrogen and oxygen atoms in total. The van der Waals surface area contributed by atoms with Gasteiger partial charge in [0.05, 0.1) is 13.0 Å². The van der Waals surface area contributed by atoms with Crippen molar-refractivity contribution in [3.05, 3.63) is 53.1 Å². The van der Waals surface area contributed by atoms with Gasteiger partial charge in [-0.2, -0.15) is 0 Å². The van der Waals surface area contributed by atoms with Gasteiger partial charge in [0, 0.05) is 31.5 Å². The summed E-state index contributed by atoms with van der Waals surface area (Å²) in [5.41, 5.74) is 1.56. The normalized spacial score (nSPS) is 13.7. The van der Waals surface area contributed by atoms with Gasteiger partial charge in [-0.1, -0.05) is 26.8 Å². The Bertz CT molecular complexity index is 1050. The molecular formula is C26H32FNO6. The van der Waals surface area contributed by atoms with Gasteiger partial charge in [0.15, 0.2) is 17.2 Å². The number of carbonyl (C=O) groups excluding carboxylic acids is 3. The summed E-state index contributed by atoms with van der Waals surface area (Å²) in [6.07, 6.45) is 0.692. The zero-order valence-electron chi connectivity index (χ0n) is 20.7. The van der Waals surface area contributed by atoms with E-state index in [1.54, 1.807) is 19.9 Å². The van der Waals surface area contributed by atoms with Crippen LogP contribution in [0, 0.1) is 24.6 Å². The van der Waals surface area contributed by atoms with Gasteiger partial charge in [-0.25, -0.2) is 9.37 Å². The minimum absolute atomic E-state index is 0.0767. The number of ketones is 1. The average Bonchev–Trinajstić information content (AvgIpc) is 2.76. The molecule has 34 heavy (non-hydrogen) atoms. The Hall–Kier alpha value is -3.29. The lowest BCUT2D eigenvalue weighted by molar-refractivity contribution is -0.155. The van der Waals surface area contributed by atoms with E-state index in [0.717, 1.165) is 11.1 Å². The molecule has 0 aliphatic heterocycles. The van der Waals surface area contributed by atoms with Crippen LogP contribution in [0.1, 0.15) is 68.6 Å². The fraction of sp³-hybridized carbons (Fsp3) is 0.462. The number of benzene rings is 1. The number of carbonyl (C=O) groups is 3. The topological polar surface area (TPSA) is 91.8 Å². The standard InChI is InChI=1S/C26H32FNO6/c1-14(2)21(13-22(30)24-25(34-18(6)29)23(32-7)10-11-28-24)26(31)33-17(5)16(4)20-9-8-19(27)12-15(20)3/h8-12,14,16-17,21H,13H2,1-7H3/t16-,17+,21-/m0/s1. The van der Waals surface area contributed by atoms with Crippen molar-refractivity contribution in [1.29, 1.82) is 0 Å². The van der Waals surface area contributed by atoms with Crippen LogP contribution in [0.2, 0.25) is 0 Å². The van der Waals surface area contributed by atoms with Crippen LogP contribution in [-0.2, 0) is 14.3 Å². The molecule has 1 aromatic carbocycles. The largest absolute Gasteiger partial charge is 0.493 e. The Morgan fingerprint density at radius 1 is 1.09 bits per heavy atom. The number of hydrogen-bond acceptors (Lipinski definition) is 7. The Morgan fingerprint density at radius 3 is 2.32 bits per heavy atom. The monoisotopic (exact) mass is 473 g/mol. The van der Waals surface area contributed by atoms with E-state index in [1.807, 2.05) is 20.8 Å². The molecule has 0 fully saturated rings. The Labute approximate surface area is 199 Å². The second kappa shape index (κ2) is 11.7. The lowest BCUT2D eigenvalue weighted by Crippen LogP contribution is -2.30. The van der Waals surface area contributed by atoms with Gasteiger partial charge in [-0.15, -0.1) is 0 Å². The Balaban J connectivity index is 2.21. The van der Waals surface area contributed by atoms with Crippen molar-refractivity contribution in [3.8, 4) is 11.5 Å². The van der Waals surface area contributed by atoms with Crippen LogP contribution in [-0.4, -0.2) is 35.9 Å². The molecule has 2 aromatic rings. The quantitative estimate of drug-likeness (QED) is 0.352. The SMILES string of the molecule is COc1ccnc(C(=O)C[C@H](C(=O)O[C@H](C)[C@H](C)c2ccc(F)cc2C)C(C)C)c1OC(C)=O. The van der Waals surface area contributed by atoms with Crippen molar-refractivity contribution in [3.63, 3.8) is 0 Å². The molecule has 0 aliphatic carbocycles. The van der Waals surface area contributed by atoms with Crippen LogP contribution in [0.15, 0.2) is 30.5 Å². The maximum absolute atomic E-state index is 13.5. The van der Waals surface area contributed by atoms with Gasteiger partial charge in [-0.3, -0.25) is 14.4 Å². The van der Waals surface area contributed by atoms with Crippen molar-refractivity contribution in [1.82, 2.24) is 4.98 Å². The van der Waals surface area contributed by atoms with Gasteiger partial charge in [0.2, 0.25) is 5.75 Å². The summed E-state index contributed by atoms with van der Waals surface area (Å²) < 4.78 is 29.6.